The van der Waals surface area contributed by atoms with E-state index in [9.17, 15) is 61.0 Å². The SMILES string of the molecule is CC/C=C\C/C=C\C/C=C\C/C=C\C/C=C\C/C=C\C/C=C\C/C=C\CCCCCCCCCCCCCCCCC(=O)NC(COC1OC(CO)C(OC2OC(CO)C(OC3OC(CO)C(O)C(O)C3O)C(O)C2O)C(O)C1O)C(O)/C=C/CC/C=C/CCCCC. The summed E-state index contributed by atoms with van der Waals surface area (Å²) in [5.74, 6) is -0.294. The number of ether oxygens (including phenoxy) is 6. The quantitative estimate of drug-likeness (QED) is 0.0199. The predicted octanol–water partition coefficient (Wildman–Crippen LogP) is 9.60. The number of hydrogen-bond donors (Lipinski definition) is 12. The van der Waals surface area contributed by atoms with E-state index in [1.54, 1.807) is 6.08 Å². The molecule has 19 nitrogen and oxygen atoms in total. The summed E-state index contributed by atoms with van der Waals surface area (Å²) >= 11 is 0. The molecule has 0 aromatic heterocycles. The summed E-state index contributed by atoms with van der Waals surface area (Å²) in [6, 6.07) is -0.995. The Morgan fingerprint density at radius 2 is 0.753 bits per heavy atom. The third-order valence-corrected chi connectivity index (χ3v) is 16.7. The molecular weight excluding hydrogens is 1190 g/mol. The Kier molecular flexibility index (Phi) is 48.6. The Morgan fingerprint density at radius 3 is 1.20 bits per heavy atom. The first-order valence-electron chi connectivity index (χ1n) is 35.3. The van der Waals surface area contributed by atoms with Crippen LogP contribution in [0.2, 0.25) is 0 Å². The molecule has 1 amide bonds. The van der Waals surface area contributed by atoms with Gasteiger partial charge in [0, 0.05) is 6.42 Å². The van der Waals surface area contributed by atoms with Gasteiger partial charge in [0.2, 0.25) is 5.91 Å². The summed E-state index contributed by atoms with van der Waals surface area (Å²) in [4.78, 5) is 13.3. The first kappa shape index (κ1) is 83.4. The number of nitrogens with one attached hydrogen (secondary N) is 1. The molecular formula is C74H123NO18. The van der Waals surface area contributed by atoms with Crippen LogP contribution < -0.4 is 5.32 Å². The Labute approximate surface area is 557 Å². The molecule has 3 rings (SSSR count). The van der Waals surface area contributed by atoms with Crippen molar-refractivity contribution in [1.82, 2.24) is 5.32 Å². The van der Waals surface area contributed by atoms with E-state index in [4.69, 9.17) is 28.4 Å². The average molecular weight is 1310 g/mol. The van der Waals surface area contributed by atoms with Crippen LogP contribution in [-0.4, -0.2) is 193 Å². The molecule has 17 atom stereocenters. The van der Waals surface area contributed by atoms with E-state index in [0.29, 0.717) is 12.8 Å². The number of allylic oxidation sites excluding steroid dienone is 19. The van der Waals surface area contributed by atoms with Crippen LogP contribution in [0.3, 0.4) is 0 Å². The largest absolute Gasteiger partial charge is 0.394 e. The summed E-state index contributed by atoms with van der Waals surface area (Å²) in [7, 11) is 0. The number of aliphatic hydroxyl groups is 11. The minimum Gasteiger partial charge on any atom is -0.394 e. The van der Waals surface area contributed by atoms with E-state index in [1.807, 2.05) is 6.08 Å². The first-order valence-corrected chi connectivity index (χ1v) is 35.3. The van der Waals surface area contributed by atoms with Crippen LogP contribution in [0.25, 0.3) is 0 Å². The predicted molar refractivity (Wildman–Crippen MR) is 364 cm³/mol. The third-order valence-electron chi connectivity index (χ3n) is 16.7. The molecule has 3 heterocycles. The number of amides is 1. The highest BCUT2D eigenvalue weighted by Crippen LogP contribution is 2.33. The molecule has 0 aliphatic carbocycles. The van der Waals surface area contributed by atoms with Gasteiger partial charge in [0.25, 0.3) is 0 Å². The number of unbranched alkanes of at least 4 members (excludes halogenated alkanes) is 18. The molecule has 3 fully saturated rings. The van der Waals surface area contributed by atoms with Crippen LogP contribution in [0.15, 0.2) is 122 Å². The second-order valence-electron chi connectivity index (χ2n) is 24.6. The zero-order valence-corrected chi connectivity index (χ0v) is 56.2. The van der Waals surface area contributed by atoms with Crippen LogP contribution in [0, 0.1) is 0 Å². The van der Waals surface area contributed by atoms with Gasteiger partial charge in [-0.2, -0.15) is 0 Å². The Morgan fingerprint density at radius 1 is 0.398 bits per heavy atom. The minimum absolute atomic E-state index is 0.227. The van der Waals surface area contributed by atoms with Gasteiger partial charge < -0.3 is 89.9 Å². The molecule has 12 N–H and O–H groups in total. The van der Waals surface area contributed by atoms with Crippen molar-refractivity contribution in [2.45, 2.75) is 311 Å². The average Bonchev–Trinajstić information content (AvgIpc) is 0.828. The van der Waals surface area contributed by atoms with E-state index >= 15 is 0 Å². The van der Waals surface area contributed by atoms with Crippen LogP contribution >= 0.6 is 0 Å². The number of hydrogen-bond acceptors (Lipinski definition) is 18. The fraction of sp³-hybridized carbons (Fsp3) is 0.716. The van der Waals surface area contributed by atoms with Gasteiger partial charge in [-0.3, -0.25) is 4.79 Å². The molecule has 0 saturated carbocycles. The van der Waals surface area contributed by atoms with Crippen molar-refractivity contribution in [3.05, 3.63) is 122 Å². The van der Waals surface area contributed by atoms with Crippen LogP contribution in [0.4, 0.5) is 0 Å². The van der Waals surface area contributed by atoms with Crippen molar-refractivity contribution in [3.63, 3.8) is 0 Å². The summed E-state index contributed by atoms with van der Waals surface area (Å²) in [5, 5.41) is 120. The van der Waals surface area contributed by atoms with E-state index < -0.39 is 124 Å². The highest BCUT2D eigenvalue weighted by molar-refractivity contribution is 5.76. The fourth-order valence-corrected chi connectivity index (χ4v) is 11.0. The molecule has 3 aliphatic heterocycles. The summed E-state index contributed by atoms with van der Waals surface area (Å²) in [5.41, 5.74) is 0. The van der Waals surface area contributed by atoms with Crippen molar-refractivity contribution in [2.75, 3.05) is 26.4 Å². The highest BCUT2D eigenvalue weighted by Gasteiger charge is 2.53. The molecule has 0 aromatic carbocycles. The van der Waals surface area contributed by atoms with Gasteiger partial charge in [-0.1, -0.05) is 225 Å². The van der Waals surface area contributed by atoms with Crippen molar-refractivity contribution in [3.8, 4) is 0 Å². The van der Waals surface area contributed by atoms with Gasteiger partial charge in [-0.25, -0.2) is 0 Å². The molecule has 3 aliphatic rings. The van der Waals surface area contributed by atoms with Crippen molar-refractivity contribution in [1.29, 1.82) is 0 Å². The lowest BCUT2D eigenvalue weighted by molar-refractivity contribution is -0.379. The minimum atomic E-state index is -1.98. The third kappa shape index (κ3) is 35.8. The van der Waals surface area contributed by atoms with Gasteiger partial charge in [0.05, 0.1) is 38.6 Å². The molecule has 93 heavy (non-hydrogen) atoms. The van der Waals surface area contributed by atoms with Crippen molar-refractivity contribution >= 4 is 5.91 Å². The lowest BCUT2D eigenvalue weighted by Gasteiger charge is -2.48. The van der Waals surface area contributed by atoms with E-state index in [1.165, 1.54) is 64.2 Å². The standard InChI is InChI=1S/C74H123NO18/c1-3-5-7-9-11-13-14-15-16-17-18-19-20-21-22-23-24-25-26-27-28-29-30-31-32-33-34-35-36-37-38-39-40-41-42-44-46-48-50-52-62(80)75-57(58(79)51-49-47-45-43-12-10-8-6-4-2)56-88-72-68(86)65(83)70(60(54-77)90-72)93-74-69(87)66(84)71(61(55-78)91-74)92-73-67(85)64(82)63(81)59(53-76)89-73/h5,7,11-13,15-16,18-19,21-22,24-25,27-28,30-31,43,49,51,57-61,63-74,76-79,81-87H,3-4,6,8-10,14,17,20,23,26,29,32-42,44-48,50,52-56H2,1-2H3,(H,75,80)/b7-5-,13-11-,16-15-,19-18-,22-21-,25-24-,28-27-,31-30-,43-12+,51-49+. The van der Waals surface area contributed by atoms with Gasteiger partial charge in [-0.05, 0) is 96.3 Å². The maximum absolute atomic E-state index is 13.3. The first-order chi connectivity index (χ1) is 45.3. The molecule has 19 heteroatoms. The summed E-state index contributed by atoms with van der Waals surface area (Å²) in [6.45, 7) is 1.51. The zero-order valence-electron chi connectivity index (χ0n) is 56.2. The monoisotopic (exact) mass is 1310 g/mol. The molecule has 0 spiro atoms. The smallest absolute Gasteiger partial charge is 0.220 e. The van der Waals surface area contributed by atoms with Gasteiger partial charge in [-0.15, -0.1) is 0 Å². The van der Waals surface area contributed by atoms with Gasteiger partial charge in [0.1, 0.15) is 73.2 Å². The Hall–Kier alpha value is -3.81. The van der Waals surface area contributed by atoms with Crippen LogP contribution in [0.1, 0.15) is 206 Å². The Balaban J connectivity index is 1.30. The maximum atomic E-state index is 13.3. The van der Waals surface area contributed by atoms with Crippen molar-refractivity contribution < 1.29 is 89.4 Å². The van der Waals surface area contributed by atoms with Crippen LogP contribution in [-0.2, 0) is 33.2 Å². The topological polar surface area (TPSA) is 307 Å². The number of carbonyl (C=O) groups excluding carboxylic acids is 1. The molecule has 0 aromatic rings. The summed E-state index contributed by atoms with van der Waals surface area (Å²) < 4.78 is 34.2. The van der Waals surface area contributed by atoms with E-state index in [2.05, 4.69) is 129 Å². The van der Waals surface area contributed by atoms with Gasteiger partial charge in [0.15, 0.2) is 18.9 Å². The highest BCUT2D eigenvalue weighted by atomic mass is 16.8. The molecule has 0 bridgehead atoms. The van der Waals surface area contributed by atoms with E-state index in [0.717, 1.165) is 109 Å². The number of carbonyl (C=O) groups is 1. The number of aliphatic hydroxyl groups excluding tert-OH is 11. The molecule has 532 valence electrons. The lowest BCUT2D eigenvalue weighted by atomic mass is 9.96. The second kappa shape index (κ2) is 54.2. The molecule has 0 radical (unpaired) electrons. The summed E-state index contributed by atoms with van der Waals surface area (Å²) in [6.07, 6.45) is 48.0. The number of rotatable bonds is 52. The lowest BCUT2D eigenvalue weighted by Crippen LogP contribution is -2.66. The van der Waals surface area contributed by atoms with Crippen LogP contribution in [0.5, 0.6) is 0 Å². The molecule has 3 saturated heterocycles. The zero-order chi connectivity index (χ0) is 67.5. The maximum Gasteiger partial charge on any atom is 0.220 e. The van der Waals surface area contributed by atoms with E-state index in [-0.39, 0.29) is 18.9 Å². The van der Waals surface area contributed by atoms with Gasteiger partial charge >= 0.3 is 0 Å². The second-order valence-corrected chi connectivity index (χ2v) is 24.6. The van der Waals surface area contributed by atoms with Crippen molar-refractivity contribution in [2.24, 2.45) is 0 Å². The fourth-order valence-electron chi connectivity index (χ4n) is 11.0. The normalized spacial score (nSPS) is 28.3. The Bertz CT molecular complexity index is 2160. The molecule has 17 unspecified atom stereocenters.